The molecule has 1 aliphatic rings. The van der Waals surface area contributed by atoms with Gasteiger partial charge < -0.3 is 10.2 Å². The Bertz CT molecular complexity index is 122. The number of hydrogen-bond donors (Lipinski definition) is 2. The molecule has 78 valence electrons. The van der Waals surface area contributed by atoms with E-state index in [9.17, 15) is 0 Å². The van der Waals surface area contributed by atoms with Gasteiger partial charge in [0.2, 0.25) is 0 Å². The predicted molar refractivity (Wildman–Crippen MR) is 36.4 cm³/mol. The maximum atomic E-state index is 9.07. The zero-order chi connectivity index (χ0) is 9.52. The summed E-state index contributed by atoms with van der Waals surface area (Å²) in [7, 11) is 0. The van der Waals surface area contributed by atoms with Crippen molar-refractivity contribution in [2.75, 3.05) is 13.2 Å². The Kier molecular flexibility index (Phi) is 5.16. The van der Waals surface area contributed by atoms with Crippen LogP contribution in [0, 0.1) is 0 Å². The summed E-state index contributed by atoms with van der Waals surface area (Å²) >= 11 is 0. The highest BCUT2D eigenvalue weighted by Crippen LogP contribution is 2.10. The average molecular weight is 196 g/mol. The van der Waals surface area contributed by atoms with Gasteiger partial charge >= 0.3 is 0 Å². The molecule has 0 aromatic heterocycles. The predicted octanol–water partition coefficient (Wildman–Crippen LogP) is -0.755. The highest BCUT2D eigenvalue weighted by atomic mass is 17.8. The Hall–Kier alpha value is -0.280. The van der Waals surface area contributed by atoms with E-state index in [1.165, 1.54) is 0 Å². The van der Waals surface area contributed by atoms with Crippen LogP contribution < -0.4 is 0 Å². The number of rotatable bonds is 3. The molecule has 0 aromatic rings. The summed E-state index contributed by atoms with van der Waals surface area (Å²) in [6.07, 6.45) is -0.524. The highest BCUT2D eigenvalue weighted by Gasteiger charge is 2.18. The zero-order valence-electron chi connectivity index (χ0n) is 6.92. The van der Waals surface area contributed by atoms with Crippen molar-refractivity contribution in [2.24, 2.45) is 0 Å². The minimum Gasteiger partial charge on any atom is -0.394 e. The summed E-state index contributed by atoms with van der Waals surface area (Å²) in [5, 5.41) is 29.7. The smallest absolute Gasteiger partial charge is 0.101 e. The van der Waals surface area contributed by atoms with Crippen LogP contribution in [0.2, 0.25) is 0 Å². The third kappa shape index (κ3) is 4.48. The van der Waals surface area contributed by atoms with Crippen molar-refractivity contribution in [1.29, 1.82) is 0 Å². The standard InChI is InChI=1S/C6H12O7/c7-4-5(8)3-6-1-2-9-11-13-12-10-6/h5-8H,1-4H2. The first-order valence-electron chi connectivity index (χ1n) is 3.90. The molecule has 1 rings (SSSR count). The topological polar surface area (TPSA) is 86.6 Å². The lowest BCUT2D eigenvalue weighted by Gasteiger charge is -2.18. The van der Waals surface area contributed by atoms with Crippen LogP contribution in [-0.4, -0.2) is 35.6 Å². The first kappa shape index (κ1) is 10.8. The normalized spacial score (nSPS) is 27.7. The lowest BCUT2D eigenvalue weighted by Crippen LogP contribution is -2.26. The molecule has 0 saturated carbocycles. The molecule has 13 heavy (non-hydrogen) atoms. The van der Waals surface area contributed by atoms with E-state index in [-0.39, 0.29) is 19.6 Å². The van der Waals surface area contributed by atoms with Gasteiger partial charge in [0.05, 0.1) is 19.3 Å². The minimum absolute atomic E-state index is 0.239. The van der Waals surface area contributed by atoms with Gasteiger partial charge in [-0.2, -0.15) is 0 Å². The van der Waals surface area contributed by atoms with Crippen molar-refractivity contribution in [3.05, 3.63) is 0 Å². The maximum Gasteiger partial charge on any atom is 0.101 e. The molecule has 0 aromatic carbocycles. The number of hydrogen-bond acceptors (Lipinski definition) is 7. The van der Waals surface area contributed by atoms with Crippen LogP contribution in [0.5, 0.6) is 0 Å². The Morgan fingerprint density at radius 1 is 1.31 bits per heavy atom. The Labute approximate surface area is 74.4 Å². The van der Waals surface area contributed by atoms with Crippen LogP contribution >= 0.6 is 0 Å². The summed E-state index contributed by atoms with van der Waals surface area (Å²) in [5.74, 6) is 0. The molecule has 7 nitrogen and oxygen atoms in total. The van der Waals surface area contributed by atoms with E-state index in [4.69, 9.17) is 10.2 Å². The number of aliphatic hydroxyl groups excluding tert-OH is 2. The van der Waals surface area contributed by atoms with Crippen LogP contribution in [0.4, 0.5) is 0 Å². The summed E-state index contributed by atoms with van der Waals surface area (Å²) < 4.78 is 0. The van der Waals surface area contributed by atoms with Crippen LogP contribution in [0.3, 0.4) is 0 Å². The minimum atomic E-state index is -0.839. The first-order valence-corrected chi connectivity index (χ1v) is 3.90. The molecule has 0 bridgehead atoms. The van der Waals surface area contributed by atoms with Gasteiger partial charge in [-0.3, -0.25) is 0 Å². The quantitative estimate of drug-likeness (QED) is 0.574. The molecule has 1 aliphatic heterocycles. The summed E-state index contributed by atoms with van der Waals surface area (Å²) in [5.41, 5.74) is 0. The molecule has 0 radical (unpaired) electrons. The second kappa shape index (κ2) is 6.22. The third-order valence-corrected chi connectivity index (χ3v) is 1.55. The second-order valence-corrected chi connectivity index (χ2v) is 2.61. The van der Waals surface area contributed by atoms with E-state index in [1.54, 1.807) is 0 Å². The molecule has 2 N–H and O–H groups in total. The SMILES string of the molecule is OCC(O)CC1CCOOOOO1. The van der Waals surface area contributed by atoms with Crippen molar-refractivity contribution in [3.63, 3.8) is 0 Å². The van der Waals surface area contributed by atoms with Crippen molar-refractivity contribution in [3.8, 4) is 0 Å². The fraction of sp³-hybridized carbons (Fsp3) is 1.00. The average Bonchev–Trinajstić information content (AvgIpc) is 2.09. The molecule has 1 heterocycles. The molecule has 7 heteroatoms. The largest absolute Gasteiger partial charge is 0.394 e. The van der Waals surface area contributed by atoms with Gasteiger partial charge in [0.15, 0.2) is 0 Å². The molecular weight excluding hydrogens is 184 g/mol. The van der Waals surface area contributed by atoms with Crippen molar-refractivity contribution in [2.45, 2.75) is 25.0 Å². The molecule has 1 saturated heterocycles. The summed E-state index contributed by atoms with van der Waals surface area (Å²) in [4.78, 5) is 9.11. The molecule has 0 spiro atoms. The van der Waals surface area contributed by atoms with E-state index in [0.29, 0.717) is 6.42 Å². The summed E-state index contributed by atoms with van der Waals surface area (Å²) in [6, 6.07) is 0. The lowest BCUT2D eigenvalue weighted by atomic mass is 10.1. The Morgan fingerprint density at radius 2 is 2.15 bits per heavy atom. The van der Waals surface area contributed by atoms with E-state index in [0.717, 1.165) is 0 Å². The molecule has 2 unspecified atom stereocenters. The van der Waals surface area contributed by atoms with E-state index in [1.807, 2.05) is 0 Å². The van der Waals surface area contributed by atoms with Gasteiger partial charge in [-0.15, -0.1) is 0 Å². The van der Waals surface area contributed by atoms with Crippen LogP contribution in [0.15, 0.2) is 0 Å². The third-order valence-electron chi connectivity index (χ3n) is 1.55. The molecular formula is C6H12O7. The Balaban J connectivity index is 2.21. The van der Waals surface area contributed by atoms with Crippen molar-refractivity contribution < 1.29 is 35.1 Å². The van der Waals surface area contributed by atoms with Gasteiger partial charge in [0.25, 0.3) is 0 Å². The van der Waals surface area contributed by atoms with E-state index in [2.05, 4.69) is 24.9 Å². The molecule has 2 atom stereocenters. The first-order chi connectivity index (χ1) is 6.33. The van der Waals surface area contributed by atoms with Crippen LogP contribution in [0.25, 0.3) is 0 Å². The van der Waals surface area contributed by atoms with Gasteiger partial charge in [-0.1, -0.05) is 0 Å². The molecule has 1 fully saturated rings. The fourth-order valence-corrected chi connectivity index (χ4v) is 0.899. The van der Waals surface area contributed by atoms with Gasteiger partial charge in [-0.05, 0) is 15.1 Å². The molecule has 0 amide bonds. The monoisotopic (exact) mass is 196 g/mol. The summed E-state index contributed by atoms with van der Waals surface area (Å²) in [6.45, 7) is -0.0652. The van der Waals surface area contributed by atoms with Crippen LogP contribution in [0.1, 0.15) is 12.8 Å². The van der Waals surface area contributed by atoms with Crippen molar-refractivity contribution in [1.82, 2.24) is 0 Å². The second-order valence-electron chi connectivity index (χ2n) is 2.61. The van der Waals surface area contributed by atoms with E-state index >= 15 is 0 Å². The maximum absolute atomic E-state index is 9.07. The zero-order valence-corrected chi connectivity index (χ0v) is 6.92. The fourth-order valence-electron chi connectivity index (χ4n) is 0.899. The Morgan fingerprint density at radius 3 is 2.92 bits per heavy atom. The van der Waals surface area contributed by atoms with Gasteiger partial charge in [0.1, 0.15) is 6.10 Å². The lowest BCUT2D eigenvalue weighted by molar-refractivity contribution is -0.721. The van der Waals surface area contributed by atoms with Crippen molar-refractivity contribution >= 4 is 0 Å². The van der Waals surface area contributed by atoms with E-state index < -0.39 is 12.2 Å². The van der Waals surface area contributed by atoms with Gasteiger partial charge in [-0.25, -0.2) is 9.78 Å². The number of aliphatic hydroxyl groups is 2. The molecule has 0 aliphatic carbocycles. The highest BCUT2D eigenvalue weighted by molar-refractivity contribution is 4.62. The van der Waals surface area contributed by atoms with Gasteiger partial charge in [0, 0.05) is 12.8 Å². The van der Waals surface area contributed by atoms with Crippen LogP contribution in [-0.2, 0) is 24.9 Å².